The van der Waals surface area contributed by atoms with Crippen LogP contribution in [0.3, 0.4) is 0 Å². The molecule has 26 heavy (non-hydrogen) atoms. The zero-order chi connectivity index (χ0) is 18.5. The summed E-state index contributed by atoms with van der Waals surface area (Å²) in [7, 11) is 1.64. The first-order chi connectivity index (χ1) is 12.7. The van der Waals surface area contributed by atoms with Crippen LogP contribution in [0.1, 0.15) is 30.0 Å². The zero-order valence-electron chi connectivity index (χ0n) is 14.5. The normalized spacial score (nSPS) is 12.2. The number of rotatable bonds is 7. The van der Waals surface area contributed by atoms with Crippen molar-refractivity contribution in [2.24, 2.45) is 0 Å². The van der Waals surface area contributed by atoms with Crippen molar-refractivity contribution >= 4 is 22.5 Å². The second kappa shape index (κ2) is 8.31. The number of para-hydroxylation sites is 1. The average molecular weight is 372 g/mol. The van der Waals surface area contributed by atoms with Gasteiger partial charge in [-0.1, -0.05) is 35.9 Å². The van der Waals surface area contributed by atoms with Crippen LogP contribution < -0.4 is 0 Å². The van der Waals surface area contributed by atoms with Crippen LogP contribution in [0.15, 0.2) is 42.5 Å². The van der Waals surface area contributed by atoms with Gasteiger partial charge in [0.15, 0.2) is 0 Å². The molecular weight excluding hydrogens is 353 g/mol. The molecule has 0 aliphatic heterocycles. The highest BCUT2D eigenvalue weighted by Crippen LogP contribution is 2.35. The Labute approximate surface area is 156 Å². The van der Waals surface area contributed by atoms with Crippen LogP contribution in [-0.2, 0) is 11.3 Å². The summed E-state index contributed by atoms with van der Waals surface area (Å²) >= 11 is 5.90. The first-order valence-corrected chi connectivity index (χ1v) is 8.79. The third kappa shape index (κ3) is 3.72. The molecular formula is C20H19ClFN3O. The Morgan fingerprint density at radius 1 is 1.31 bits per heavy atom. The van der Waals surface area contributed by atoms with Crippen LogP contribution in [0.4, 0.5) is 4.39 Å². The summed E-state index contributed by atoms with van der Waals surface area (Å²) in [6.45, 7) is 1.13. The lowest BCUT2D eigenvalue weighted by molar-refractivity contribution is 0.184. The summed E-state index contributed by atoms with van der Waals surface area (Å²) in [5.41, 5.74) is 2.25. The molecule has 0 aliphatic rings. The van der Waals surface area contributed by atoms with Gasteiger partial charge in [0, 0.05) is 29.9 Å². The minimum atomic E-state index is -0.379. The molecule has 1 heterocycles. The Hall–Kier alpha value is -2.42. The number of fused-ring (bicyclic) bond motifs is 1. The van der Waals surface area contributed by atoms with Gasteiger partial charge >= 0.3 is 0 Å². The predicted octanol–water partition coefficient (Wildman–Crippen LogP) is 4.91. The Morgan fingerprint density at radius 2 is 2.12 bits per heavy atom. The molecule has 0 N–H and O–H groups in total. The summed E-state index contributed by atoms with van der Waals surface area (Å²) in [5.74, 6) is -0.698. The number of nitrogens with zero attached hydrogens (tertiary/aromatic N) is 3. The van der Waals surface area contributed by atoms with E-state index in [0.29, 0.717) is 36.6 Å². The predicted molar refractivity (Wildman–Crippen MR) is 99.7 cm³/mol. The van der Waals surface area contributed by atoms with Gasteiger partial charge < -0.3 is 4.74 Å². The fraction of sp³-hybridized carbons (Fsp3) is 0.300. The summed E-state index contributed by atoms with van der Waals surface area (Å²) in [6, 6.07) is 14.7. The highest BCUT2D eigenvalue weighted by atomic mass is 35.5. The van der Waals surface area contributed by atoms with E-state index in [1.54, 1.807) is 19.2 Å². The Kier molecular flexibility index (Phi) is 5.87. The van der Waals surface area contributed by atoms with E-state index in [2.05, 4.69) is 6.07 Å². The SMILES string of the molecule is COCCn1nc(C(CCC#N)c2ccc(Cl)cc2F)c2ccccc21. The molecule has 3 rings (SSSR count). The van der Waals surface area contributed by atoms with E-state index in [-0.39, 0.29) is 11.7 Å². The number of halogens is 2. The smallest absolute Gasteiger partial charge is 0.128 e. The van der Waals surface area contributed by atoms with E-state index in [0.717, 1.165) is 16.6 Å². The fourth-order valence-electron chi connectivity index (χ4n) is 3.19. The first-order valence-electron chi connectivity index (χ1n) is 8.42. The zero-order valence-corrected chi connectivity index (χ0v) is 15.2. The second-order valence-electron chi connectivity index (χ2n) is 6.03. The fourth-order valence-corrected chi connectivity index (χ4v) is 3.35. The van der Waals surface area contributed by atoms with Crippen molar-refractivity contribution in [1.82, 2.24) is 9.78 Å². The van der Waals surface area contributed by atoms with Gasteiger partial charge in [0.2, 0.25) is 0 Å². The Balaban J connectivity index is 2.13. The van der Waals surface area contributed by atoms with Crippen molar-refractivity contribution in [3.8, 4) is 6.07 Å². The first kappa shape index (κ1) is 18.4. The summed E-state index contributed by atoms with van der Waals surface area (Å²) in [4.78, 5) is 0. The van der Waals surface area contributed by atoms with E-state index in [4.69, 9.17) is 26.7 Å². The second-order valence-corrected chi connectivity index (χ2v) is 6.47. The summed E-state index contributed by atoms with van der Waals surface area (Å²) in [6.07, 6.45) is 0.798. The molecule has 3 aromatic rings. The van der Waals surface area contributed by atoms with Crippen LogP contribution in [0.5, 0.6) is 0 Å². The number of aromatic nitrogens is 2. The highest BCUT2D eigenvalue weighted by Gasteiger charge is 2.24. The van der Waals surface area contributed by atoms with Crippen molar-refractivity contribution in [3.63, 3.8) is 0 Å². The lowest BCUT2D eigenvalue weighted by Gasteiger charge is -2.15. The molecule has 1 atom stereocenters. The highest BCUT2D eigenvalue weighted by molar-refractivity contribution is 6.30. The molecule has 0 bridgehead atoms. The maximum atomic E-state index is 14.6. The number of hydrogen-bond donors (Lipinski definition) is 0. The lowest BCUT2D eigenvalue weighted by atomic mass is 9.89. The maximum Gasteiger partial charge on any atom is 0.128 e. The van der Waals surface area contributed by atoms with Crippen LogP contribution in [0, 0.1) is 17.1 Å². The third-order valence-corrected chi connectivity index (χ3v) is 4.64. The van der Waals surface area contributed by atoms with Crippen LogP contribution >= 0.6 is 11.6 Å². The molecule has 1 aromatic heterocycles. The van der Waals surface area contributed by atoms with Crippen LogP contribution in [0.25, 0.3) is 10.9 Å². The quantitative estimate of drug-likeness (QED) is 0.592. The van der Waals surface area contributed by atoms with Gasteiger partial charge in [0.05, 0.1) is 30.4 Å². The van der Waals surface area contributed by atoms with Crippen LogP contribution in [0.2, 0.25) is 5.02 Å². The van der Waals surface area contributed by atoms with Gasteiger partial charge in [-0.3, -0.25) is 4.68 Å². The maximum absolute atomic E-state index is 14.6. The Bertz CT molecular complexity index is 948. The van der Waals surface area contributed by atoms with E-state index in [1.807, 2.05) is 28.9 Å². The third-order valence-electron chi connectivity index (χ3n) is 4.41. The Morgan fingerprint density at radius 3 is 2.85 bits per heavy atom. The van der Waals surface area contributed by atoms with Gasteiger partial charge in [-0.15, -0.1) is 0 Å². The lowest BCUT2D eigenvalue weighted by Crippen LogP contribution is -2.09. The molecule has 0 amide bonds. The minimum Gasteiger partial charge on any atom is -0.383 e. The number of hydrogen-bond acceptors (Lipinski definition) is 3. The molecule has 0 saturated heterocycles. The molecule has 0 saturated carbocycles. The minimum absolute atomic E-state index is 0.311. The van der Waals surface area contributed by atoms with E-state index in [9.17, 15) is 4.39 Å². The van der Waals surface area contributed by atoms with Gasteiger partial charge in [0.1, 0.15) is 5.82 Å². The van der Waals surface area contributed by atoms with Crippen molar-refractivity contribution in [2.75, 3.05) is 13.7 Å². The van der Waals surface area contributed by atoms with Gasteiger partial charge in [0.25, 0.3) is 0 Å². The number of benzene rings is 2. The van der Waals surface area contributed by atoms with Crippen molar-refractivity contribution < 1.29 is 9.13 Å². The van der Waals surface area contributed by atoms with Crippen molar-refractivity contribution in [2.45, 2.75) is 25.3 Å². The molecule has 2 aromatic carbocycles. The van der Waals surface area contributed by atoms with Gasteiger partial charge in [-0.2, -0.15) is 10.4 Å². The van der Waals surface area contributed by atoms with Crippen molar-refractivity contribution in [3.05, 3.63) is 64.6 Å². The van der Waals surface area contributed by atoms with E-state index >= 15 is 0 Å². The van der Waals surface area contributed by atoms with Crippen molar-refractivity contribution in [1.29, 1.82) is 5.26 Å². The molecule has 134 valence electrons. The summed E-state index contributed by atoms with van der Waals surface area (Å²) in [5, 5.41) is 15.1. The van der Waals surface area contributed by atoms with Crippen LogP contribution in [-0.4, -0.2) is 23.5 Å². The molecule has 6 heteroatoms. The molecule has 0 fully saturated rings. The molecule has 1 unspecified atom stereocenters. The topological polar surface area (TPSA) is 50.8 Å². The molecule has 0 spiro atoms. The van der Waals surface area contributed by atoms with E-state index in [1.165, 1.54) is 6.07 Å². The van der Waals surface area contributed by atoms with Gasteiger partial charge in [-0.05, 0) is 30.2 Å². The number of nitriles is 1. The number of ether oxygens (including phenoxy) is 1. The monoisotopic (exact) mass is 371 g/mol. The standard InChI is InChI=1S/C20H19ClFN3O/c1-26-12-11-25-19-7-3-2-5-17(19)20(24-25)16(6-4-10-23)15-9-8-14(21)13-18(15)22/h2-3,5,7-9,13,16H,4,6,11-12H2,1H3. The summed E-state index contributed by atoms with van der Waals surface area (Å²) < 4.78 is 21.6. The molecule has 0 aliphatic carbocycles. The van der Waals surface area contributed by atoms with E-state index < -0.39 is 0 Å². The molecule has 0 radical (unpaired) electrons. The average Bonchev–Trinajstić information content (AvgIpc) is 3.00. The molecule has 4 nitrogen and oxygen atoms in total. The number of methoxy groups -OCH3 is 1. The largest absolute Gasteiger partial charge is 0.383 e. The van der Waals surface area contributed by atoms with Gasteiger partial charge in [-0.25, -0.2) is 4.39 Å².